The van der Waals surface area contributed by atoms with Crippen LogP contribution < -0.4 is 20.1 Å². The van der Waals surface area contributed by atoms with Crippen molar-refractivity contribution in [3.63, 3.8) is 0 Å². The number of ether oxygens (including phenoxy) is 1. The van der Waals surface area contributed by atoms with E-state index in [1.807, 2.05) is 0 Å². The van der Waals surface area contributed by atoms with E-state index in [9.17, 15) is 4.79 Å². The van der Waals surface area contributed by atoms with E-state index in [1.54, 1.807) is 38.9 Å². The van der Waals surface area contributed by atoms with Gasteiger partial charge in [-0.05, 0) is 0 Å². The van der Waals surface area contributed by atoms with Crippen molar-refractivity contribution in [3.8, 4) is 5.75 Å². The van der Waals surface area contributed by atoms with Gasteiger partial charge in [-0.15, -0.1) is 0 Å². The van der Waals surface area contributed by atoms with Gasteiger partial charge in [-0.1, -0.05) is 0 Å². The van der Waals surface area contributed by atoms with Crippen LogP contribution in [0.2, 0.25) is 0 Å². The van der Waals surface area contributed by atoms with E-state index in [0.717, 1.165) is 32.0 Å². The molecular formula is C14H18N6O2. The molecule has 0 saturated carbocycles. The molecule has 0 aliphatic carbocycles. The van der Waals surface area contributed by atoms with Crippen molar-refractivity contribution in [3.05, 3.63) is 35.1 Å². The van der Waals surface area contributed by atoms with Gasteiger partial charge in [0.2, 0.25) is 5.95 Å². The molecule has 8 heteroatoms. The van der Waals surface area contributed by atoms with Crippen LogP contribution in [0.5, 0.6) is 5.75 Å². The number of aromatic nitrogens is 4. The summed E-state index contributed by atoms with van der Waals surface area (Å²) in [4.78, 5) is 28.8. The van der Waals surface area contributed by atoms with E-state index in [1.165, 1.54) is 4.57 Å². The van der Waals surface area contributed by atoms with E-state index < -0.39 is 0 Å². The lowest BCUT2D eigenvalue weighted by molar-refractivity contribution is 0.410. The van der Waals surface area contributed by atoms with Crippen LogP contribution in [-0.4, -0.2) is 52.8 Å². The number of hydrogen-bond donors (Lipinski definition) is 0. The lowest BCUT2D eigenvalue weighted by Gasteiger charge is -2.35. The molecule has 0 bridgehead atoms. The predicted octanol–water partition coefficient (Wildman–Crippen LogP) is -0.0945. The van der Waals surface area contributed by atoms with Crippen molar-refractivity contribution < 1.29 is 4.74 Å². The summed E-state index contributed by atoms with van der Waals surface area (Å²) in [5.41, 5.74) is -0.0501. The first-order valence-electron chi connectivity index (χ1n) is 7.06. The molecule has 1 fully saturated rings. The van der Waals surface area contributed by atoms with Crippen LogP contribution in [0.15, 0.2) is 29.6 Å². The van der Waals surface area contributed by atoms with Crippen LogP contribution in [0.4, 0.5) is 11.8 Å². The van der Waals surface area contributed by atoms with Crippen molar-refractivity contribution in [1.29, 1.82) is 0 Å². The number of piperazine rings is 1. The van der Waals surface area contributed by atoms with Crippen LogP contribution in [0.3, 0.4) is 0 Å². The second-order valence-electron chi connectivity index (χ2n) is 5.09. The highest BCUT2D eigenvalue weighted by Crippen LogP contribution is 2.16. The second-order valence-corrected chi connectivity index (χ2v) is 5.09. The molecule has 2 aromatic rings. The van der Waals surface area contributed by atoms with Gasteiger partial charge in [0.15, 0.2) is 5.75 Å². The van der Waals surface area contributed by atoms with Gasteiger partial charge in [0.1, 0.15) is 5.82 Å². The Morgan fingerprint density at radius 3 is 2.27 bits per heavy atom. The lowest BCUT2D eigenvalue weighted by atomic mass is 10.3. The number of hydrogen-bond acceptors (Lipinski definition) is 7. The third-order valence-electron chi connectivity index (χ3n) is 3.70. The van der Waals surface area contributed by atoms with E-state index in [2.05, 4.69) is 24.8 Å². The van der Waals surface area contributed by atoms with Gasteiger partial charge in [0.05, 0.1) is 25.8 Å². The molecule has 0 radical (unpaired) electrons. The average Bonchev–Trinajstić information content (AvgIpc) is 2.58. The van der Waals surface area contributed by atoms with Crippen molar-refractivity contribution >= 4 is 11.8 Å². The molecule has 22 heavy (non-hydrogen) atoms. The van der Waals surface area contributed by atoms with Crippen LogP contribution in [0.1, 0.15) is 0 Å². The fourth-order valence-corrected chi connectivity index (χ4v) is 2.34. The third-order valence-corrected chi connectivity index (χ3v) is 3.70. The largest absolute Gasteiger partial charge is 0.494 e. The molecular weight excluding hydrogens is 284 g/mol. The van der Waals surface area contributed by atoms with E-state index in [-0.39, 0.29) is 5.56 Å². The summed E-state index contributed by atoms with van der Waals surface area (Å²) in [6, 6.07) is 1.57. The summed E-state index contributed by atoms with van der Waals surface area (Å²) in [6.45, 7) is 3.11. The van der Waals surface area contributed by atoms with Gasteiger partial charge >= 0.3 is 0 Å². The molecule has 0 unspecified atom stereocenters. The third kappa shape index (κ3) is 2.85. The molecule has 3 heterocycles. The quantitative estimate of drug-likeness (QED) is 0.784. The van der Waals surface area contributed by atoms with Crippen LogP contribution in [-0.2, 0) is 7.05 Å². The van der Waals surface area contributed by atoms with Gasteiger partial charge in [0.25, 0.3) is 5.56 Å². The first-order chi connectivity index (χ1) is 10.7. The van der Waals surface area contributed by atoms with Gasteiger partial charge < -0.3 is 19.1 Å². The molecule has 1 aliphatic heterocycles. The van der Waals surface area contributed by atoms with Crippen LogP contribution in [0.25, 0.3) is 0 Å². The van der Waals surface area contributed by atoms with Gasteiger partial charge in [-0.3, -0.25) is 4.79 Å². The number of nitrogens with zero attached hydrogens (tertiary/aromatic N) is 6. The normalized spacial score (nSPS) is 15.0. The highest BCUT2D eigenvalue weighted by Gasteiger charge is 2.20. The molecule has 2 aromatic heterocycles. The van der Waals surface area contributed by atoms with E-state index >= 15 is 0 Å². The topological polar surface area (TPSA) is 76.4 Å². The Hall–Kier alpha value is -2.64. The summed E-state index contributed by atoms with van der Waals surface area (Å²) in [5.74, 6) is 2.06. The molecule has 0 aromatic carbocycles. The fraction of sp³-hybridized carbons (Fsp3) is 0.429. The maximum atomic E-state index is 11.7. The minimum atomic E-state index is -0.0501. The molecule has 3 rings (SSSR count). The summed E-state index contributed by atoms with van der Waals surface area (Å²) in [5, 5.41) is 0. The Bertz CT molecular complexity index is 691. The smallest absolute Gasteiger partial charge is 0.255 e. The van der Waals surface area contributed by atoms with Crippen molar-refractivity contribution in [2.24, 2.45) is 7.05 Å². The SMILES string of the molecule is COc1cnc(N2CCN(c3cc(=O)n(C)cn3)CC2)nc1. The van der Waals surface area contributed by atoms with Crippen molar-refractivity contribution in [2.45, 2.75) is 0 Å². The molecule has 0 spiro atoms. The maximum absolute atomic E-state index is 11.7. The second kappa shape index (κ2) is 6.00. The number of anilines is 2. The van der Waals surface area contributed by atoms with E-state index in [4.69, 9.17) is 4.74 Å². The zero-order valence-corrected chi connectivity index (χ0v) is 12.6. The van der Waals surface area contributed by atoms with Crippen LogP contribution in [0, 0.1) is 0 Å². The molecule has 116 valence electrons. The summed E-state index contributed by atoms with van der Waals surface area (Å²) in [7, 11) is 3.28. The molecule has 0 atom stereocenters. The lowest BCUT2D eigenvalue weighted by Crippen LogP contribution is -2.47. The van der Waals surface area contributed by atoms with E-state index in [0.29, 0.717) is 11.7 Å². The van der Waals surface area contributed by atoms with Crippen molar-refractivity contribution in [2.75, 3.05) is 43.1 Å². The highest BCUT2D eigenvalue weighted by atomic mass is 16.5. The zero-order valence-electron chi connectivity index (χ0n) is 12.6. The number of rotatable bonds is 3. The van der Waals surface area contributed by atoms with Crippen LogP contribution >= 0.6 is 0 Å². The zero-order chi connectivity index (χ0) is 15.5. The van der Waals surface area contributed by atoms with Gasteiger partial charge in [-0.25, -0.2) is 15.0 Å². The molecule has 1 aliphatic rings. The molecule has 8 nitrogen and oxygen atoms in total. The Balaban J connectivity index is 1.66. The molecule has 0 amide bonds. The first-order valence-corrected chi connectivity index (χ1v) is 7.06. The minimum absolute atomic E-state index is 0.0501. The summed E-state index contributed by atoms with van der Waals surface area (Å²) in [6.07, 6.45) is 4.88. The van der Waals surface area contributed by atoms with Gasteiger partial charge in [-0.2, -0.15) is 0 Å². The summed E-state index contributed by atoms with van der Waals surface area (Å²) < 4.78 is 6.52. The standard InChI is InChI=1S/C14H18N6O2/c1-18-10-17-12(7-13(18)21)19-3-5-20(6-4-19)14-15-8-11(22-2)9-16-14/h7-10H,3-6H2,1-2H3. The number of methoxy groups -OCH3 is 1. The summed E-state index contributed by atoms with van der Waals surface area (Å²) >= 11 is 0. The Kier molecular flexibility index (Phi) is 3.90. The Labute approximate surface area is 128 Å². The average molecular weight is 302 g/mol. The van der Waals surface area contributed by atoms with Gasteiger partial charge in [0, 0.05) is 39.3 Å². The Morgan fingerprint density at radius 1 is 1.05 bits per heavy atom. The molecule has 1 saturated heterocycles. The monoisotopic (exact) mass is 302 g/mol. The predicted molar refractivity (Wildman–Crippen MR) is 82.5 cm³/mol. The van der Waals surface area contributed by atoms with Crippen molar-refractivity contribution in [1.82, 2.24) is 19.5 Å². The Morgan fingerprint density at radius 2 is 1.68 bits per heavy atom. The minimum Gasteiger partial charge on any atom is -0.494 e. The highest BCUT2D eigenvalue weighted by molar-refractivity contribution is 5.41. The fourth-order valence-electron chi connectivity index (χ4n) is 2.34. The molecule has 0 N–H and O–H groups in total. The number of aryl methyl sites for hydroxylation is 1. The first kappa shape index (κ1) is 14.3. The maximum Gasteiger partial charge on any atom is 0.255 e.